The molecule has 2 aromatic heterocycles. The van der Waals surface area contributed by atoms with Crippen LogP contribution in [0.3, 0.4) is 0 Å². The Morgan fingerprint density at radius 2 is 1.83 bits per heavy atom. The van der Waals surface area contributed by atoms with Gasteiger partial charge in [0.05, 0.1) is 23.8 Å². The lowest BCUT2D eigenvalue weighted by atomic mass is 10.2. The van der Waals surface area contributed by atoms with Crippen LogP contribution in [-0.2, 0) is 9.73 Å². The average molecular weight is 455 g/mol. The number of hydrogen-bond acceptors (Lipinski definition) is 6. The topological polar surface area (TPSA) is 64.4 Å². The second kappa shape index (κ2) is 8.82. The maximum atomic E-state index is 12.9. The fourth-order valence-corrected chi connectivity index (χ4v) is 3.47. The van der Waals surface area contributed by atoms with Gasteiger partial charge in [0.2, 0.25) is 0 Å². The Kier molecular flexibility index (Phi) is 7.10. The Hall–Kier alpha value is -1.95. The number of hydrogen-bond donors (Lipinski definition) is 0. The van der Waals surface area contributed by atoms with Crippen LogP contribution in [0.1, 0.15) is 6.92 Å². The van der Waals surface area contributed by atoms with E-state index in [-0.39, 0.29) is 5.75 Å². The van der Waals surface area contributed by atoms with Gasteiger partial charge in [-0.2, -0.15) is 26.3 Å². The van der Waals surface area contributed by atoms with E-state index >= 15 is 0 Å². The molecule has 29 heavy (non-hydrogen) atoms. The van der Waals surface area contributed by atoms with Crippen molar-refractivity contribution in [2.24, 2.45) is 4.36 Å². The number of rotatable bonds is 7. The third-order valence-electron chi connectivity index (χ3n) is 3.28. The number of nitrogens with zero attached hydrogens (tertiary/aromatic N) is 3. The summed E-state index contributed by atoms with van der Waals surface area (Å²) in [4.78, 5) is 9.04. The van der Waals surface area contributed by atoms with Crippen molar-refractivity contribution in [3.8, 4) is 17.1 Å². The van der Waals surface area contributed by atoms with E-state index in [4.69, 9.17) is 0 Å². The van der Waals surface area contributed by atoms with Crippen LogP contribution in [0.15, 0.2) is 39.9 Å². The molecule has 0 amide bonds. The predicted molar refractivity (Wildman–Crippen MR) is 102 cm³/mol. The molecule has 0 saturated carbocycles. The summed E-state index contributed by atoms with van der Waals surface area (Å²) in [6, 6.07) is 4.35. The Balaban J connectivity index is 2.26. The molecule has 0 fully saturated rings. The predicted octanol–water partition coefficient (Wildman–Crippen LogP) is 5.19. The molecular weight excluding hydrogens is 437 g/mol. The molecule has 0 aliphatic carbocycles. The van der Waals surface area contributed by atoms with Crippen LogP contribution in [-0.4, -0.2) is 51.1 Å². The van der Waals surface area contributed by atoms with E-state index in [1.807, 2.05) is 6.92 Å². The highest BCUT2D eigenvalue weighted by Crippen LogP contribution is 2.36. The first kappa shape index (κ1) is 23.3. The van der Waals surface area contributed by atoms with Crippen molar-refractivity contribution in [1.82, 2.24) is 9.97 Å². The largest absolute Gasteiger partial charge is 0.485 e. The van der Waals surface area contributed by atoms with Crippen LogP contribution >= 0.6 is 11.8 Å². The molecule has 0 radical (unpaired) electrons. The average Bonchev–Trinajstić information content (AvgIpc) is 2.59. The third-order valence-corrected chi connectivity index (χ3v) is 4.84. The van der Waals surface area contributed by atoms with Gasteiger partial charge in [-0.1, -0.05) is 6.92 Å². The van der Waals surface area contributed by atoms with E-state index < -0.39 is 28.4 Å². The van der Waals surface area contributed by atoms with Crippen molar-refractivity contribution in [2.75, 3.05) is 24.9 Å². The standard InChI is InChI=1S/C17H18F5N3O2S2/c1-4-28-14-7-11(25-29(2,3)26)8-24-15(14)13-6-5-12(9-23-13)27-10-16(18,19)17(20,21)22/h5-9H,4,10H2,1-3H3. The fourth-order valence-electron chi connectivity index (χ4n) is 2.06. The monoisotopic (exact) mass is 455 g/mol. The van der Waals surface area contributed by atoms with Crippen LogP contribution in [0.2, 0.25) is 0 Å². The summed E-state index contributed by atoms with van der Waals surface area (Å²) < 4.78 is 83.0. The van der Waals surface area contributed by atoms with Crippen molar-refractivity contribution >= 4 is 27.2 Å². The fraction of sp³-hybridized carbons (Fsp3) is 0.412. The zero-order chi connectivity index (χ0) is 21.9. The highest BCUT2D eigenvalue weighted by Gasteiger charge is 2.58. The van der Waals surface area contributed by atoms with Gasteiger partial charge in [0.1, 0.15) is 11.4 Å². The van der Waals surface area contributed by atoms with Crippen LogP contribution in [0.25, 0.3) is 11.4 Å². The molecule has 0 aliphatic heterocycles. The lowest BCUT2D eigenvalue weighted by Crippen LogP contribution is -2.41. The van der Waals surface area contributed by atoms with Gasteiger partial charge < -0.3 is 4.74 Å². The normalized spacial score (nSPS) is 12.7. The van der Waals surface area contributed by atoms with E-state index in [2.05, 4.69) is 19.1 Å². The van der Waals surface area contributed by atoms with Crippen molar-refractivity contribution in [2.45, 2.75) is 23.9 Å². The summed E-state index contributed by atoms with van der Waals surface area (Å²) in [5.41, 5.74) is 1.28. The number of alkyl halides is 5. The van der Waals surface area contributed by atoms with Crippen molar-refractivity contribution in [3.05, 3.63) is 30.6 Å². The summed E-state index contributed by atoms with van der Waals surface area (Å²) in [5.74, 6) is -4.49. The quantitative estimate of drug-likeness (QED) is 0.425. The number of thioether (sulfide) groups is 1. The lowest BCUT2D eigenvalue weighted by molar-refractivity contribution is -0.290. The van der Waals surface area contributed by atoms with E-state index in [1.54, 1.807) is 6.07 Å². The third kappa shape index (κ3) is 6.53. The van der Waals surface area contributed by atoms with E-state index in [9.17, 15) is 26.2 Å². The lowest BCUT2D eigenvalue weighted by Gasteiger charge is -2.19. The Morgan fingerprint density at radius 1 is 1.14 bits per heavy atom. The first-order chi connectivity index (χ1) is 13.3. The van der Waals surface area contributed by atoms with Gasteiger partial charge >= 0.3 is 12.1 Å². The molecule has 0 N–H and O–H groups in total. The summed E-state index contributed by atoms with van der Waals surface area (Å²) in [6.45, 7) is 0.0858. The van der Waals surface area contributed by atoms with Gasteiger partial charge in [-0.15, -0.1) is 11.8 Å². The number of aromatic nitrogens is 2. The molecule has 2 aromatic rings. The van der Waals surface area contributed by atoms with E-state index in [0.29, 0.717) is 27.7 Å². The molecule has 2 rings (SSSR count). The highest BCUT2D eigenvalue weighted by atomic mass is 32.2. The second-order valence-corrected chi connectivity index (χ2v) is 9.97. The van der Waals surface area contributed by atoms with Crippen LogP contribution < -0.4 is 4.74 Å². The van der Waals surface area contributed by atoms with Gasteiger partial charge in [-0.25, -0.2) is 4.21 Å². The molecule has 5 nitrogen and oxygen atoms in total. The molecule has 160 valence electrons. The first-order valence-electron chi connectivity index (χ1n) is 8.16. The van der Waals surface area contributed by atoms with Crippen LogP contribution in [0, 0.1) is 0 Å². The Bertz CT molecular complexity index is 964. The molecule has 0 spiro atoms. The second-order valence-electron chi connectivity index (χ2n) is 6.12. The SMILES string of the molecule is CCSc1cc(N=S(C)(C)=O)cnc1-c1ccc(OCC(F)(F)C(F)(F)F)cn1. The van der Waals surface area contributed by atoms with Crippen LogP contribution in [0.4, 0.5) is 27.6 Å². The van der Waals surface area contributed by atoms with Gasteiger partial charge in [0, 0.05) is 27.1 Å². The number of ether oxygens (including phenoxy) is 1. The van der Waals surface area contributed by atoms with Gasteiger partial charge in [0.25, 0.3) is 0 Å². The highest BCUT2D eigenvalue weighted by molar-refractivity contribution is 7.99. The van der Waals surface area contributed by atoms with E-state index in [1.165, 1.54) is 42.6 Å². The molecular formula is C17H18F5N3O2S2. The summed E-state index contributed by atoms with van der Waals surface area (Å²) in [5, 5.41) is 0. The van der Waals surface area contributed by atoms with Crippen molar-refractivity contribution in [3.63, 3.8) is 0 Å². The Morgan fingerprint density at radius 3 is 2.34 bits per heavy atom. The van der Waals surface area contributed by atoms with E-state index in [0.717, 1.165) is 6.20 Å². The van der Waals surface area contributed by atoms with Crippen molar-refractivity contribution < 1.29 is 30.9 Å². The van der Waals surface area contributed by atoms with Gasteiger partial charge in [-0.05, 0) is 24.0 Å². The summed E-state index contributed by atoms with van der Waals surface area (Å²) >= 11 is 1.45. The molecule has 0 aromatic carbocycles. The smallest absolute Gasteiger partial charge is 0.456 e. The first-order valence-corrected chi connectivity index (χ1v) is 11.5. The van der Waals surface area contributed by atoms with Crippen LogP contribution in [0.5, 0.6) is 5.75 Å². The maximum Gasteiger partial charge on any atom is 0.456 e. The summed E-state index contributed by atoms with van der Waals surface area (Å²) in [7, 11) is -2.37. The molecule has 0 atom stereocenters. The number of halogens is 5. The molecule has 0 saturated heterocycles. The minimum atomic E-state index is -5.69. The summed E-state index contributed by atoms with van der Waals surface area (Å²) in [6.07, 6.45) is -0.221. The zero-order valence-corrected chi connectivity index (χ0v) is 17.3. The maximum absolute atomic E-state index is 12.9. The Labute approximate surface area is 169 Å². The zero-order valence-electron chi connectivity index (χ0n) is 15.7. The molecule has 0 unspecified atom stereocenters. The van der Waals surface area contributed by atoms with Crippen molar-refractivity contribution in [1.29, 1.82) is 0 Å². The number of pyridine rings is 2. The minimum Gasteiger partial charge on any atom is -0.485 e. The molecule has 12 heteroatoms. The van der Waals surface area contributed by atoms with Gasteiger partial charge in [-0.3, -0.25) is 9.97 Å². The minimum absolute atomic E-state index is 0.231. The molecule has 0 aliphatic rings. The van der Waals surface area contributed by atoms with Gasteiger partial charge in [0.15, 0.2) is 6.61 Å². The molecule has 0 bridgehead atoms. The molecule has 2 heterocycles.